The molecule has 0 radical (unpaired) electrons. The first kappa shape index (κ1) is 38.1. The van der Waals surface area contributed by atoms with Gasteiger partial charge in [0.05, 0.1) is 24.5 Å². The van der Waals surface area contributed by atoms with Gasteiger partial charge in [0.2, 0.25) is 0 Å². The van der Waals surface area contributed by atoms with E-state index in [1.807, 2.05) is 36.5 Å². The van der Waals surface area contributed by atoms with Crippen molar-refractivity contribution in [3.63, 3.8) is 0 Å². The number of imidazole rings is 1. The number of nitrogens with one attached hydrogen (secondary N) is 1. The number of aromatic nitrogens is 4. The fraction of sp³-hybridized carbons (Fsp3) is 0.333. The Balaban J connectivity index is 0.000000396. The van der Waals surface area contributed by atoms with Crippen molar-refractivity contribution in [3.05, 3.63) is 72.2 Å². The summed E-state index contributed by atoms with van der Waals surface area (Å²) < 4.78 is 97.5. The Kier molecular flexibility index (Phi) is 14.2. The van der Waals surface area contributed by atoms with E-state index >= 15 is 0 Å². The molecule has 1 aliphatic heterocycles. The van der Waals surface area contributed by atoms with E-state index in [1.54, 1.807) is 6.20 Å². The number of nitrogens with zero attached hydrogens (tertiary/aromatic N) is 5. The van der Waals surface area contributed by atoms with Crippen LogP contribution in [0, 0.1) is 0 Å². The first-order valence-electron chi connectivity index (χ1n) is 11.9. The number of carboxylic acids is 3. The van der Waals surface area contributed by atoms with Gasteiger partial charge in [0.25, 0.3) is 0 Å². The van der Waals surface area contributed by atoms with Gasteiger partial charge in [-0.1, -0.05) is 12.1 Å². The monoisotopic (exact) mass is 662 g/mol. The van der Waals surface area contributed by atoms with E-state index in [-0.39, 0.29) is 0 Å². The summed E-state index contributed by atoms with van der Waals surface area (Å²) in [4.78, 5) is 42.5. The minimum Gasteiger partial charge on any atom is -0.475 e. The molecule has 0 amide bonds. The van der Waals surface area contributed by atoms with Gasteiger partial charge in [0.15, 0.2) is 0 Å². The lowest BCUT2D eigenvalue weighted by Gasteiger charge is -2.27. The molecule has 21 heteroatoms. The van der Waals surface area contributed by atoms with Crippen LogP contribution in [0.15, 0.2) is 55.0 Å². The summed E-state index contributed by atoms with van der Waals surface area (Å²) in [6.45, 7) is 4.42. The van der Waals surface area contributed by atoms with Gasteiger partial charge in [-0.15, -0.1) is 0 Å². The highest BCUT2D eigenvalue weighted by Gasteiger charge is 2.39. The van der Waals surface area contributed by atoms with E-state index in [0.29, 0.717) is 6.54 Å². The Morgan fingerprint density at radius 3 is 1.64 bits per heavy atom. The zero-order valence-corrected chi connectivity index (χ0v) is 22.4. The van der Waals surface area contributed by atoms with Crippen LogP contribution in [0.5, 0.6) is 0 Å². The van der Waals surface area contributed by atoms with Gasteiger partial charge >= 0.3 is 36.4 Å². The van der Waals surface area contributed by atoms with Crippen molar-refractivity contribution in [2.24, 2.45) is 0 Å². The van der Waals surface area contributed by atoms with Crippen LogP contribution >= 0.6 is 0 Å². The summed E-state index contributed by atoms with van der Waals surface area (Å²) in [6.07, 6.45) is -9.47. The molecule has 0 spiro atoms. The van der Waals surface area contributed by atoms with Crippen LogP contribution in [0.3, 0.4) is 0 Å². The number of alkyl halides is 9. The topological polar surface area (TPSA) is 171 Å². The summed E-state index contributed by atoms with van der Waals surface area (Å²) in [5.74, 6) is -6.28. The molecule has 0 saturated carbocycles. The molecular weight excluding hydrogens is 639 g/mol. The number of fused-ring (bicyclic) bond motifs is 1. The number of carboxylic acid groups (broad SMARTS) is 3. The summed E-state index contributed by atoms with van der Waals surface area (Å²) in [5.41, 5.74) is 2.16. The molecule has 0 aliphatic carbocycles. The Labute approximate surface area is 246 Å². The predicted octanol–water partition coefficient (Wildman–Crippen LogP) is 4.20. The Morgan fingerprint density at radius 2 is 1.22 bits per heavy atom. The zero-order valence-electron chi connectivity index (χ0n) is 22.4. The number of hydrogen-bond donors (Lipinski definition) is 4. The largest absolute Gasteiger partial charge is 0.490 e. The number of anilines is 1. The molecule has 0 fully saturated rings. The van der Waals surface area contributed by atoms with E-state index in [0.717, 1.165) is 49.2 Å². The lowest BCUT2D eigenvalue weighted by atomic mass is 10.3. The summed E-state index contributed by atoms with van der Waals surface area (Å²) in [7, 11) is 0. The van der Waals surface area contributed by atoms with Gasteiger partial charge in [-0.2, -0.15) is 39.5 Å². The third-order valence-corrected chi connectivity index (χ3v) is 4.89. The van der Waals surface area contributed by atoms with Crippen LogP contribution in [-0.4, -0.2) is 82.7 Å². The number of carbonyl (C=O) groups is 3. The number of pyridine rings is 2. The fourth-order valence-corrected chi connectivity index (χ4v) is 2.95. The average Bonchev–Trinajstić information content (AvgIpc) is 3.35. The molecular formula is C24H23F9N6O6. The highest BCUT2D eigenvalue weighted by molar-refractivity contribution is 5.73. The number of aliphatic carboxylic acids is 3. The standard InChI is InChI=1S/C18H20N6.3C2HF3O2/c1-3-7-19-15(5-1)12-23-9-10-24-13-16(22-18(24)14-23)11-21-17-6-2-4-8-20-17;3*3-2(4,5)1(6)7/h1-8,13H,9-12,14H2,(H,20,21);3*(H,6,7). The molecule has 0 unspecified atom stereocenters. The molecule has 0 bridgehead atoms. The van der Waals surface area contributed by atoms with Crippen molar-refractivity contribution in [1.29, 1.82) is 0 Å². The average molecular weight is 662 g/mol. The number of rotatable bonds is 5. The third kappa shape index (κ3) is 15.4. The van der Waals surface area contributed by atoms with Crippen LogP contribution in [0.4, 0.5) is 45.3 Å². The van der Waals surface area contributed by atoms with Crippen molar-refractivity contribution in [3.8, 4) is 0 Å². The van der Waals surface area contributed by atoms with Gasteiger partial charge < -0.3 is 25.2 Å². The second-order valence-corrected chi connectivity index (χ2v) is 8.35. The van der Waals surface area contributed by atoms with Gasteiger partial charge in [-0.05, 0) is 24.3 Å². The van der Waals surface area contributed by atoms with Crippen LogP contribution in [-0.2, 0) is 40.6 Å². The van der Waals surface area contributed by atoms with E-state index in [2.05, 4.69) is 37.0 Å². The van der Waals surface area contributed by atoms with Gasteiger partial charge in [-0.25, -0.2) is 24.4 Å². The lowest BCUT2D eigenvalue weighted by molar-refractivity contribution is -0.193. The molecule has 4 N–H and O–H groups in total. The summed E-state index contributed by atoms with van der Waals surface area (Å²) >= 11 is 0. The number of hydrogen-bond acceptors (Lipinski definition) is 8. The van der Waals surface area contributed by atoms with Crippen molar-refractivity contribution < 1.29 is 69.2 Å². The minimum atomic E-state index is -5.08. The molecule has 45 heavy (non-hydrogen) atoms. The predicted molar refractivity (Wildman–Crippen MR) is 133 cm³/mol. The summed E-state index contributed by atoms with van der Waals surface area (Å²) in [6, 6.07) is 11.9. The molecule has 3 aromatic rings. The van der Waals surface area contributed by atoms with E-state index < -0.39 is 36.4 Å². The zero-order chi connectivity index (χ0) is 34.4. The SMILES string of the molecule is O=C(O)C(F)(F)F.O=C(O)C(F)(F)F.O=C(O)C(F)(F)F.c1ccc(CN2CCn3cc(CNc4ccccn4)nc3C2)nc1. The fourth-order valence-electron chi connectivity index (χ4n) is 2.95. The maximum atomic E-state index is 10.6. The molecule has 12 nitrogen and oxygen atoms in total. The highest BCUT2D eigenvalue weighted by atomic mass is 19.4. The first-order chi connectivity index (χ1) is 20.7. The third-order valence-electron chi connectivity index (χ3n) is 4.89. The van der Waals surface area contributed by atoms with Crippen LogP contribution in [0.2, 0.25) is 0 Å². The van der Waals surface area contributed by atoms with Gasteiger partial charge in [-0.3, -0.25) is 9.88 Å². The summed E-state index contributed by atoms with van der Waals surface area (Å²) in [5, 5.41) is 24.7. The van der Waals surface area contributed by atoms with Crippen molar-refractivity contribution in [1.82, 2.24) is 24.4 Å². The normalized spacial score (nSPS) is 12.9. The second-order valence-electron chi connectivity index (χ2n) is 8.35. The van der Waals surface area contributed by atoms with Crippen molar-refractivity contribution in [2.45, 2.75) is 44.7 Å². The molecule has 4 heterocycles. The Hall–Kier alpha value is -4.95. The Morgan fingerprint density at radius 1 is 0.733 bits per heavy atom. The quantitative estimate of drug-likeness (QED) is 0.289. The highest BCUT2D eigenvalue weighted by Crippen LogP contribution is 2.16. The smallest absolute Gasteiger partial charge is 0.475 e. The first-order valence-corrected chi connectivity index (χ1v) is 11.9. The lowest BCUT2D eigenvalue weighted by Crippen LogP contribution is -2.33. The maximum Gasteiger partial charge on any atom is 0.490 e. The minimum absolute atomic E-state index is 0.692. The molecule has 248 valence electrons. The molecule has 3 aromatic heterocycles. The molecule has 1 aliphatic rings. The maximum absolute atomic E-state index is 10.6. The van der Waals surface area contributed by atoms with E-state index in [1.165, 1.54) is 0 Å². The van der Waals surface area contributed by atoms with Gasteiger partial charge in [0.1, 0.15) is 11.6 Å². The van der Waals surface area contributed by atoms with Crippen LogP contribution in [0.1, 0.15) is 17.2 Å². The molecule has 4 rings (SSSR count). The van der Waals surface area contributed by atoms with Gasteiger partial charge in [0, 0.05) is 38.2 Å². The van der Waals surface area contributed by atoms with E-state index in [4.69, 9.17) is 34.7 Å². The molecule has 0 aromatic carbocycles. The number of halogens is 9. The van der Waals surface area contributed by atoms with Crippen LogP contribution in [0.25, 0.3) is 0 Å². The van der Waals surface area contributed by atoms with Crippen LogP contribution < -0.4 is 5.32 Å². The molecule has 0 atom stereocenters. The van der Waals surface area contributed by atoms with Crippen molar-refractivity contribution >= 4 is 23.7 Å². The van der Waals surface area contributed by atoms with E-state index in [9.17, 15) is 39.5 Å². The molecule has 0 saturated heterocycles. The Bertz CT molecular complexity index is 1310. The van der Waals surface area contributed by atoms with Crippen molar-refractivity contribution in [2.75, 3.05) is 11.9 Å². The second kappa shape index (κ2) is 16.8.